The van der Waals surface area contributed by atoms with Gasteiger partial charge in [-0.15, -0.1) is 0 Å². The fraction of sp³-hybridized carbons (Fsp3) is 0.400. The van der Waals surface area contributed by atoms with Crippen molar-refractivity contribution in [2.24, 2.45) is 11.1 Å². The number of nitrogens with two attached hydrogens (primary N) is 1. The van der Waals surface area contributed by atoms with Gasteiger partial charge in [-0.1, -0.05) is 6.42 Å². The molecule has 1 aliphatic carbocycles. The van der Waals surface area contributed by atoms with Crippen LogP contribution in [0.4, 0.5) is 5.69 Å². The number of hydrogen-bond donors (Lipinski definition) is 3. The molecule has 3 rings (SSSR count). The lowest BCUT2D eigenvalue weighted by atomic mass is 9.84. The number of imide groups is 1. The van der Waals surface area contributed by atoms with E-state index in [2.05, 4.69) is 10.6 Å². The molecule has 3 amide bonds. The van der Waals surface area contributed by atoms with Gasteiger partial charge in [0.2, 0.25) is 5.91 Å². The lowest BCUT2D eigenvalue weighted by molar-refractivity contribution is -0.125. The van der Waals surface area contributed by atoms with Crippen molar-refractivity contribution in [3.05, 3.63) is 29.3 Å². The summed E-state index contributed by atoms with van der Waals surface area (Å²) >= 11 is 0. The average Bonchev–Trinajstić information content (AvgIpc) is 2.92. The number of amides is 3. The Kier molecular flexibility index (Phi) is 3.06. The second kappa shape index (κ2) is 4.66. The van der Waals surface area contributed by atoms with Gasteiger partial charge < -0.3 is 11.1 Å². The smallest absolute Gasteiger partial charge is 0.259 e. The molecule has 21 heavy (non-hydrogen) atoms. The molecule has 4 N–H and O–H groups in total. The number of hydrogen-bond acceptors (Lipinski definition) is 4. The average molecular weight is 287 g/mol. The number of fused-ring (bicyclic) bond motifs is 1. The molecule has 110 valence electrons. The molecule has 0 radical (unpaired) electrons. The lowest BCUT2D eigenvalue weighted by Gasteiger charge is -2.27. The van der Waals surface area contributed by atoms with E-state index < -0.39 is 17.2 Å². The second-order valence-electron chi connectivity index (χ2n) is 5.91. The first-order valence-electron chi connectivity index (χ1n) is 6.98. The summed E-state index contributed by atoms with van der Waals surface area (Å²) in [5.41, 5.74) is 6.57. The van der Waals surface area contributed by atoms with Gasteiger partial charge in [-0.25, -0.2) is 0 Å². The molecule has 6 nitrogen and oxygen atoms in total. The highest BCUT2D eigenvalue weighted by Gasteiger charge is 2.43. The van der Waals surface area contributed by atoms with Gasteiger partial charge in [0.05, 0.1) is 16.5 Å². The van der Waals surface area contributed by atoms with Crippen LogP contribution in [-0.4, -0.2) is 23.8 Å². The molecule has 2 aliphatic rings. The van der Waals surface area contributed by atoms with Crippen molar-refractivity contribution in [3.63, 3.8) is 0 Å². The van der Waals surface area contributed by atoms with E-state index in [0.29, 0.717) is 16.8 Å². The van der Waals surface area contributed by atoms with Crippen LogP contribution in [0.5, 0.6) is 0 Å². The predicted octanol–water partition coefficient (Wildman–Crippen LogP) is 1.03. The van der Waals surface area contributed by atoms with Gasteiger partial charge in [-0.3, -0.25) is 19.7 Å². The summed E-state index contributed by atoms with van der Waals surface area (Å²) < 4.78 is 0. The van der Waals surface area contributed by atoms with E-state index in [4.69, 9.17) is 5.73 Å². The molecule has 1 fully saturated rings. The second-order valence-corrected chi connectivity index (χ2v) is 5.91. The Morgan fingerprint density at radius 3 is 2.71 bits per heavy atom. The van der Waals surface area contributed by atoms with Crippen molar-refractivity contribution >= 4 is 23.4 Å². The van der Waals surface area contributed by atoms with Crippen LogP contribution in [0.3, 0.4) is 0 Å². The Hall–Kier alpha value is -2.21. The van der Waals surface area contributed by atoms with Gasteiger partial charge >= 0.3 is 0 Å². The zero-order valence-corrected chi connectivity index (χ0v) is 11.7. The first-order valence-corrected chi connectivity index (χ1v) is 6.98. The van der Waals surface area contributed by atoms with Crippen LogP contribution in [0.1, 0.15) is 46.9 Å². The summed E-state index contributed by atoms with van der Waals surface area (Å²) in [6.45, 7) is 1.86. The maximum atomic E-state index is 12.4. The molecule has 1 aromatic rings. The molecule has 0 saturated heterocycles. The Balaban J connectivity index is 1.83. The van der Waals surface area contributed by atoms with E-state index in [9.17, 15) is 14.4 Å². The maximum absolute atomic E-state index is 12.4. The van der Waals surface area contributed by atoms with Crippen molar-refractivity contribution in [1.29, 1.82) is 0 Å². The summed E-state index contributed by atoms with van der Waals surface area (Å²) in [6, 6.07) is 4.54. The molecule has 0 spiro atoms. The van der Waals surface area contributed by atoms with Crippen LogP contribution >= 0.6 is 0 Å². The molecular formula is C15H17N3O3. The van der Waals surface area contributed by atoms with Crippen LogP contribution < -0.4 is 16.4 Å². The molecule has 1 saturated carbocycles. The summed E-state index contributed by atoms with van der Waals surface area (Å²) in [5, 5.41) is 5.03. The zero-order chi connectivity index (χ0) is 15.2. The van der Waals surface area contributed by atoms with E-state index in [0.717, 1.165) is 19.3 Å². The Morgan fingerprint density at radius 1 is 1.33 bits per heavy atom. The highest BCUT2D eigenvalue weighted by Crippen LogP contribution is 2.37. The fourth-order valence-corrected chi connectivity index (χ4v) is 2.99. The zero-order valence-electron chi connectivity index (χ0n) is 11.7. The third-order valence-electron chi connectivity index (χ3n) is 4.54. The standard InChI is InChI=1S/C15H17N3O3/c1-15(6-2-3-11(15)16)14(21)17-8-4-5-9-10(7-8)13(20)18-12(9)19/h4-5,7,11H,2-3,6,16H2,1H3,(H,17,21)(H,18,19,20). The quantitative estimate of drug-likeness (QED) is 0.707. The molecule has 2 atom stereocenters. The molecule has 0 aromatic heterocycles. The number of carbonyl (C=O) groups is 3. The van der Waals surface area contributed by atoms with Gasteiger partial charge in [-0.2, -0.15) is 0 Å². The van der Waals surface area contributed by atoms with Crippen molar-refractivity contribution < 1.29 is 14.4 Å². The van der Waals surface area contributed by atoms with Crippen LogP contribution in [0.15, 0.2) is 18.2 Å². The third-order valence-corrected chi connectivity index (χ3v) is 4.54. The fourth-order valence-electron chi connectivity index (χ4n) is 2.99. The first-order chi connectivity index (χ1) is 9.91. The highest BCUT2D eigenvalue weighted by molar-refractivity contribution is 6.22. The molecule has 1 aromatic carbocycles. The topological polar surface area (TPSA) is 101 Å². The summed E-state index contributed by atoms with van der Waals surface area (Å²) in [7, 11) is 0. The maximum Gasteiger partial charge on any atom is 0.259 e. The van der Waals surface area contributed by atoms with Gasteiger partial charge in [0.15, 0.2) is 0 Å². The lowest BCUT2D eigenvalue weighted by Crippen LogP contribution is -2.44. The SMILES string of the molecule is CC1(C(=O)Nc2ccc3c(c2)C(=O)NC3=O)CCCC1N. The van der Waals surface area contributed by atoms with Gasteiger partial charge in [0, 0.05) is 11.7 Å². The van der Waals surface area contributed by atoms with E-state index in [1.807, 2.05) is 6.92 Å². The Bertz CT molecular complexity index is 656. The monoisotopic (exact) mass is 287 g/mol. The number of rotatable bonds is 2. The molecule has 6 heteroatoms. The molecule has 1 heterocycles. The predicted molar refractivity (Wildman–Crippen MR) is 76.8 cm³/mol. The minimum absolute atomic E-state index is 0.141. The van der Waals surface area contributed by atoms with Crippen molar-refractivity contribution in [3.8, 4) is 0 Å². The largest absolute Gasteiger partial charge is 0.327 e. The van der Waals surface area contributed by atoms with Gasteiger partial charge in [0.25, 0.3) is 11.8 Å². The van der Waals surface area contributed by atoms with Crippen LogP contribution in [0.25, 0.3) is 0 Å². The Morgan fingerprint density at radius 2 is 2.05 bits per heavy atom. The highest BCUT2D eigenvalue weighted by atomic mass is 16.2. The van der Waals surface area contributed by atoms with Crippen LogP contribution in [0, 0.1) is 5.41 Å². The number of benzene rings is 1. The van der Waals surface area contributed by atoms with Crippen LogP contribution in [-0.2, 0) is 4.79 Å². The molecule has 0 bridgehead atoms. The van der Waals surface area contributed by atoms with Crippen molar-refractivity contribution in [2.75, 3.05) is 5.32 Å². The van der Waals surface area contributed by atoms with Gasteiger partial charge in [-0.05, 0) is 38.0 Å². The van der Waals surface area contributed by atoms with E-state index in [-0.39, 0.29) is 11.9 Å². The minimum Gasteiger partial charge on any atom is -0.327 e. The summed E-state index contributed by atoms with van der Waals surface area (Å²) in [6.07, 6.45) is 2.53. The number of anilines is 1. The van der Waals surface area contributed by atoms with Crippen LogP contribution in [0.2, 0.25) is 0 Å². The number of carbonyl (C=O) groups excluding carboxylic acids is 3. The normalized spacial score (nSPS) is 27.4. The third kappa shape index (κ3) is 2.12. The van der Waals surface area contributed by atoms with E-state index in [1.165, 1.54) is 6.07 Å². The summed E-state index contributed by atoms with van der Waals surface area (Å²) in [5.74, 6) is -0.982. The first kappa shape index (κ1) is 13.8. The molecule has 1 aliphatic heterocycles. The van der Waals surface area contributed by atoms with E-state index in [1.54, 1.807) is 12.1 Å². The minimum atomic E-state index is -0.586. The Labute approximate surface area is 122 Å². The van der Waals surface area contributed by atoms with E-state index >= 15 is 0 Å². The number of nitrogens with one attached hydrogen (secondary N) is 2. The van der Waals surface area contributed by atoms with Crippen molar-refractivity contribution in [1.82, 2.24) is 5.32 Å². The van der Waals surface area contributed by atoms with Crippen molar-refractivity contribution in [2.45, 2.75) is 32.2 Å². The molecule has 2 unspecified atom stereocenters. The molecular weight excluding hydrogens is 270 g/mol. The van der Waals surface area contributed by atoms with Gasteiger partial charge in [0.1, 0.15) is 0 Å². The summed E-state index contributed by atoms with van der Waals surface area (Å²) in [4.78, 5) is 35.5.